The Morgan fingerprint density at radius 2 is 1.85 bits per heavy atom. The van der Waals surface area contributed by atoms with Crippen molar-refractivity contribution in [3.8, 4) is 28.4 Å². The van der Waals surface area contributed by atoms with Crippen molar-refractivity contribution >= 4 is 17.8 Å². The number of aromatic hydroxyl groups is 1. The molecular weight excluding hydrogens is 428 g/mol. The molecule has 1 aliphatic rings. The summed E-state index contributed by atoms with van der Waals surface area (Å²) in [6, 6.07) is 17.9. The maximum atomic E-state index is 13.4. The van der Waals surface area contributed by atoms with Gasteiger partial charge in [0.15, 0.2) is 11.5 Å². The van der Waals surface area contributed by atoms with E-state index in [1.165, 1.54) is 17.2 Å². The number of benzene rings is 2. The van der Waals surface area contributed by atoms with Gasteiger partial charge in [-0.25, -0.2) is 4.98 Å². The largest absolute Gasteiger partial charge is 0.508 e. The van der Waals surface area contributed by atoms with Crippen molar-refractivity contribution in [3.63, 3.8) is 0 Å². The molecule has 2 heterocycles. The number of para-hydroxylation sites is 1. The average molecular weight is 455 g/mol. The van der Waals surface area contributed by atoms with Crippen LogP contribution in [0.1, 0.15) is 36.9 Å². The van der Waals surface area contributed by atoms with Crippen LogP contribution in [0.15, 0.2) is 71.7 Å². The second-order valence-electron chi connectivity index (χ2n) is 8.39. The number of aromatic nitrogens is 2. The molecule has 0 bridgehead atoms. The number of phenols is 1. The lowest BCUT2D eigenvalue weighted by atomic mass is 10.0. The van der Waals surface area contributed by atoms with E-state index in [1.807, 2.05) is 36.4 Å². The minimum absolute atomic E-state index is 0.0880. The van der Waals surface area contributed by atoms with Gasteiger partial charge in [-0.2, -0.15) is 0 Å². The smallest absolute Gasteiger partial charge is 0.266 e. The fourth-order valence-electron chi connectivity index (χ4n) is 4.45. The Hall–Kier alpha value is -4.06. The molecule has 4 aromatic rings. The molecule has 2 aromatic heterocycles. The third-order valence-electron chi connectivity index (χ3n) is 6.13. The first-order chi connectivity index (χ1) is 16.6. The molecule has 5 rings (SSSR count). The molecule has 34 heavy (non-hydrogen) atoms. The highest BCUT2D eigenvalue weighted by atomic mass is 16.5. The number of methoxy groups -OCH3 is 1. The van der Waals surface area contributed by atoms with Crippen molar-refractivity contribution in [2.24, 2.45) is 0 Å². The zero-order chi connectivity index (χ0) is 23.5. The molecule has 0 spiro atoms. The quantitative estimate of drug-likeness (QED) is 0.412. The Morgan fingerprint density at radius 3 is 2.65 bits per heavy atom. The normalized spacial score (nSPS) is 14.1. The van der Waals surface area contributed by atoms with Crippen molar-refractivity contribution in [2.45, 2.75) is 31.8 Å². The van der Waals surface area contributed by atoms with Crippen LogP contribution in [-0.4, -0.2) is 27.7 Å². The fraction of sp³-hybridized carbons (Fsp3) is 0.214. The molecule has 172 valence electrons. The Balaban J connectivity index is 1.64. The molecule has 1 N–H and O–H groups in total. The van der Waals surface area contributed by atoms with Gasteiger partial charge in [0.1, 0.15) is 11.4 Å². The number of fused-ring (bicyclic) bond motifs is 1. The summed E-state index contributed by atoms with van der Waals surface area (Å²) in [5.74, 6) is 1.46. The zero-order valence-electron chi connectivity index (χ0n) is 19.0. The van der Waals surface area contributed by atoms with Crippen molar-refractivity contribution in [1.29, 1.82) is 0 Å². The SMILES string of the molecule is COc1cccc(C=Cc2nc3ccccn3c(=O)c2-c2cccc(O)c2)c1OC1CCCC1. The number of nitrogens with zero attached hydrogens (tertiary/aromatic N) is 2. The van der Waals surface area contributed by atoms with E-state index in [1.54, 1.807) is 49.7 Å². The Kier molecular flexibility index (Phi) is 6.04. The average Bonchev–Trinajstić information content (AvgIpc) is 3.36. The van der Waals surface area contributed by atoms with Gasteiger partial charge in [-0.3, -0.25) is 9.20 Å². The van der Waals surface area contributed by atoms with E-state index in [2.05, 4.69) is 0 Å². The third-order valence-corrected chi connectivity index (χ3v) is 6.13. The molecule has 1 saturated carbocycles. The van der Waals surface area contributed by atoms with Gasteiger partial charge in [0.25, 0.3) is 5.56 Å². The fourth-order valence-corrected chi connectivity index (χ4v) is 4.45. The summed E-state index contributed by atoms with van der Waals surface area (Å²) >= 11 is 0. The first-order valence-corrected chi connectivity index (χ1v) is 11.5. The van der Waals surface area contributed by atoms with Gasteiger partial charge in [-0.1, -0.05) is 30.3 Å². The molecule has 0 radical (unpaired) electrons. The number of pyridine rings is 1. The van der Waals surface area contributed by atoms with Crippen LogP contribution >= 0.6 is 0 Å². The van der Waals surface area contributed by atoms with Crippen LogP contribution in [0.25, 0.3) is 28.9 Å². The van der Waals surface area contributed by atoms with Gasteiger partial charge in [0.2, 0.25) is 0 Å². The second-order valence-corrected chi connectivity index (χ2v) is 8.39. The van der Waals surface area contributed by atoms with Gasteiger partial charge in [-0.15, -0.1) is 0 Å². The van der Waals surface area contributed by atoms with E-state index in [0.717, 1.165) is 18.4 Å². The predicted molar refractivity (Wildman–Crippen MR) is 133 cm³/mol. The van der Waals surface area contributed by atoms with Crippen molar-refractivity contribution in [1.82, 2.24) is 9.38 Å². The highest BCUT2D eigenvalue weighted by Crippen LogP contribution is 2.36. The van der Waals surface area contributed by atoms with Crippen molar-refractivity contribution < 1.29 is 14.6 Å². The summed E-state index contributed by atoms with van der Waals surface area (Å²) in [4.78, 5) is 18.2. The van der Waals surface area contributed by atoms with E-state index in [9.17, 15) is 9.90 Å². The molecule has 1 fully saturated rings. The number of hydrogen-bond acceptors (Lipinski definition) is 5. The standard InChI is InChI=1S/C28H26N2O4/c1-33-24-13-7-8-19(27(24)34-22-11-2-3-12-22)15-16-23-26(20-9-6-10-21(31)18-20)28(32)30-17-5-4-14-25(30)29-23/h4-10,13-18,22,31H,2-3,11-12H2,1H3. The van der Waals surface area contributed by atoms with Crippen LogP contribution in [0.2, 0.25) is 0 Å². The van der Waals surface area contributed by atoms with Crippen LogP contribution < -0.4 is 15.0 Å². The minimum atomic E-state index is -0.205. The Bertz CT molecular complexity index is 1420. The first-order valence-electron chi connectivity index (χ1n) is 11.5. The summed E-state index contributed by atoms with van der Waals surface area (Å²) in [5.41, 5.74) is 2.72. The lowest BCUT2D eigenvalue weighted by molar-refractivity contribution is 0.200. The topological polar surface area (TPSA) is 73.1 Å². The van der Waals surface area contributed by atoms with Gasteiger partial charge >= 0.3 is 0 Å². The molecule has 0 atom stereocenters. The summed E-state index contributed by atoms with van der Waals surface area (Å²) in [6.07, 6.45) is 10.0. The molecule has 0 amide bonds. The lowest BCUT2D eigenvalue weighted by Crippen LogP contribution is -2.18. The number of phenolic OH excluding ortho intramolecular Hbond substituents is 1. The summed E-state index contributed by atoms with van der Waals surface area (Å²) in [7, 11) is 1.64. The zero-order valence-corrected chi connectivity index (χ0v) is 19.0. The second kappa shape index (κ2) is 9.43. The Morgan fingerprint density at radius 1 is 1.03 bits per heavy atom. The van der Waals surface area contributed by atoms with Crippen molar-refractivity contribution in [3.05, 3.63) is 88.5 Å². The number of rotatable bonds is 6. The van der Waals surface area contributed by atoms with Crippen LogP contribution in [0, 0.1) is 0 Å². The number of hydrogen-bond donors (Lipinski definition) is 1. The molecule has 0 unspecified atom stereocenters. The molecule has 0 aliphatic heterocycles. The highest BCUT2D eigenvalue weighted by molar-refractivity contribution is 5.81. The van der Waals surface area contributed by atoms with Crippen LogP contribution in [0.5, 0.6) is 17.2 Å². The van der Waals surface area contributed by atoms with E-state index in [-0.39, 0.29) is 17.4 Å². The predicted octanol–water partition coefficient (Wildman–Crippen LogP) is 5.57. The third kappa shape index (κ3) is 4.27. The summed E-state index contributed by atoms with van der Waals surface area (Å²) in [6.45, 7) is 0. The van der Waals surface area contributed by atoms with Crippen LogP contribution in [0.3, 0.4) is 0 Å². The van der Waals surface area contributed by atoms with Crippen LogP contribution in [-0.2, 0) is 0 Å². The van der Waals surface area contributed by atoms with E-state index in [4.69, 9.17) is 14.5 Å². The van der Waals surface area contributed by atoms with E-state index >= 15 is 0 Å². The maximum absolute atomic E-state index is 13.4. The molecule has 1 aliphatic carbocycles. The molecule has 2 aromatic carbocycles. The van der Waals surface area contributed by atoms with Crippen LogP contribution in [0.4, 0.5) is 0 Å². The van der Waals surface area contributed by atoms with Gasteiger partial charge in [-0.05, 0) is 73.7 Å². The van der Waals surface area contributed by atoms with E-state index < -0.39 is 0 Å². The van der Waals surface area contributed by atoms with Gasteiger partial charge < -0.3 is 14.6 Å². The summed E-state index contributed by atoms with van der Waals surface area (Å²) in [5, 5.41) is 10.0. The molecule has 0 saturated heterocycles. The van der Waals surface area contributed by atoms with Gasteiger partial charge in [0.05, 0.1) is 24.5 Å². The lowest BCUT2D eigenvalue weighted by Gasteiger charge is -2.18. The summed E-state index contributed by atoms with van der Waals surface area (Å²) < 4.78 is 13.4. The van der Waals surface area contributed by atoms with Gasteiger partial charge in [0, 0.05) is 11.8 Å². The van der Waals surface area contributed by atoms with Crippen molar-refractivity contribution in [2.75, 3.05) is 7.11 Å². The molecule has 6 nitrogen and oxygen atoms in total. The molecule has 6 heteroatoms. The number of ether oxygens (including phenoxy) is 2. The highest BCUT2D eigenvalue weighted by Gasteiger charge is 2.20. The van der Waals surface area contributed by atoms with E-state index in [0.29, 0.717) is 34.0 Å². The molecular formula is C28H26N2O4. The monoisotopic (exact) mass is 454 g/mol. The Labute approximate surface area is 197 Å². The minimum Gasteiger partial charge on any atom is -0.508 e. The maximum Gasteiger partial charge on any atom is 0.266 e. The first kappa shape index (κ1) is 21.8.